The monoisotopic (exact) mass is 547 g/mol. The maximum absolute atomic E-state index is 13.4. The van der Waals surface area contributed by atoms with Crippen molar-refractivity contribution in [2.45, 2.75) is 19.5 Å². The fraction of sp³-hybridized carbons (Fsp3) is 0.280. The van der Waals surface area contributed by atoms with E-state index in [0.29, 0.717) is 59.1 Å². The number of hydrogen-bond acceptors (Lipinski definition) is 6. The van der Waals surface area contributed by atoms with E-state index in [1.807, 2.05) is 30.3 Å². The molecule has 4 aromatic rings. The van der Waals surface area contributed by atoms with Crippen molar-refractivity contribution in [1.29, 1.82) is 0 Å². The fourth-order valence-electron chi connectivity index (χ4n) is 4.35. The molecule has 1 aliphatic heterocycles. The van der Waals surface area contributed by atoms with E-state index in [0.717, 1.165) is 17.8 Å². The van der Waals surface area contributed by atoms with Crippen LogP contribution < -0.4 is 10.5 Å². The highest BCUT2D eigenvalue weighted by Gasteiger charge is 2.33. The number of amides is 1. The molecule has 12 heteroatoms. The van der Waals surface area contributed by atoms with Crippen molar-refractivity contribution in [3.63, 3.8) is 0 Å². The molecule has 0 unspecified atom stereocenters. The van der Waals surface area contributed by atoms with Crippen LogP contribution in [0.5, 0.6) is 0 Å². The first-order valence-electron chi connectivity index (χ1n) is 11.4. The largest absolute Gasteiger partial charge is 0.417 e. The van der Waals surface area contributed by atoms with Crippen LogP contribution in [0.4, 0.5) is 19.0 Å². The smallest absolute Gasteiger partial charge is 0.352 e. The van der Waals surface area contributed by atoms with Crippen molar-refractivity contribution < 1.29 is 18.0 Å². The number of anilines is 1. The van der Waals surface area contributed by atoms with Gasteiger partial charge >= 0.3 is 6.18 Å². The molecule has 0 bridgehead atoms. The van der Waals surface area contributed by atoms with Gasteiger partial charge in [-0.05, 0) is 24.1 Å². The summed E-state index contributed by atoms with van der Waals surface area (Å²) in [6.45, 7) is 3.10. The second kappa shape index (κ2) is 9.79. The molecule has 0 spiro atoms. The lowest BCUT2D eigenvalue weighted by Gasteiger charge is -2.35. The van der Waals surface area contributed by atoms with E-state index in [2.05, 4.69) is 15.0 Å². The molecule has 1 amide bonds. The van der Waals surface area contributed by atoms with Crippen LogP contribution in [0.3, 0.4) is 0 Å². The second-order valence-corrected chi connectivity index (χ2v) is 10.1. The van der Waals surface area contributed by atoms with Crippen molar-refractivity contribution in [3.05, 3.63) is 85.4 Å². The number of fused-ring (bicyclic) bond motifs is 1. The van der Waals surface area contributed by atoms with Crippen molar-refractivity contribution in [2.24, 2.45) is 0 Å². The number of H-pyrrole nitrogens is 1. The molecule has 3 aromatic heterocycles. The molecule has 192 valence electrons. The predicted octanol–water partition coefficient (Wildman–Crippen LogP) is 4.91. The Bertz CT molecular complexity index is 1530. The molecule has 37 heavy (non-hydrogen) atoms. The summed E-state index contributed by atoms with van der Waals surface area (Å²) in [6, 6.07) is 10.5. The van der Waals surface area contributed by atoms with E-state index < -0.39 is 11.7 Å². The van der Waals surface area contributed by atoms with Crippen LogP contribution in [0.1, 0.15) is 32.2 Å². The number of aryl methyl sites for hydroxylation is 1. The number of aromatic amines is 1. The van der Waals surface area contributed by atoms with Crippen LogP contribution >= 0.6 is 22.9 Å². The second-order valence-electron chi connectivity index (χ2n) is 8.72. The highest BCUT2D eigenvalue weighted by molar-refractivity contribution is 7.20. The highest BCUT2D eigenvalue weighted by atomic mass is 35.5. The summed E-state index contributed by atoms with van der Waals surface area (Å²) in [5, 5.41) is 0.316. The number of aromatic nitrogens is 3. The summed E-state index contributed by atoms with van der Waals surface area (Å²) in [6.07, 6.45) is -3.30. The zero-order valence-corrected chi connectivity index (χ0v) is 21.2. The third kappa shape index (κ3) is 5.05. The Morgan fingerprint density at radius 3 is 2.51 bits per heavy atom. The molecule has 5 rings (SSSR count). The number of nitrogens with zero attached hydrogens (tertiary/aromatic N) is 4. The molecule has 0 saturated carbocycles. The third-order valence-electron chi connectivity index (χ3n) is 6.27. The van der Waals surface area contributed by atoms with E-state index in [1.54, 1.807) is 16.7 Å². The van der Waals surface area contributed by atoms with E-state index in [9.17, 15) is 22.8 Å². The SMILES string of the molecule is Cc1c(C(=O)N2CCN(c3ncc(C(F)(F)F)cc3Cl)CC2)sc2nc(Cc3ccccc3)[nH]c(=O)c12. The summed E-state index contributed by atoms with van der Waals surface area (Å²) in [5.41, 5.74) is 0.400. The topological polar surface area (TPSA) is 82.2 Å². The lowest BCUT2D eigenvalue weighted by Crippen LogP contribution is -2.49. The van der Waals surface area contributed by atoms with Gasteiger partial charge in [0.2, 0.25) is 0 Å². The Hall–Kier alpha value is -3.44. The summed E-state index contributed by atoms with van der Waals surface area (Å²) >= 11 is 7.28. The van der Waals surface area contributed by atoms with Crippen molar-refractivity contribution in [2.75, 3.05) is 31.1 Å². The lowest BCUT2D eigenvalue weighted by atomic mass is 10.1. The molecule has 1 aromatic carbocycles. The van der Waals surface area contributed by atoms with Gasteiger partial charge in [0.1, 0.15) is 16.5 Å². The van der Waals surface area contributed by atoms with E-state index in [4.69, 9.17) is 11.6 Å². The maximum Gasteiger partial charge on any atom is 0.417 e. The summed E-state index contributed by atoms with van der Waals surface area (Å²) in [5.74, 6) is 0.565. The first-order valence-corrected chi connectivity index (χ1v) is 12.6. The van der Waals surface area contributed by atoms with Crippen molar-refractivity contribution >= 4 is 44.9 Å². The molecule has 1 saturated heterocycles. The molecule has 0 aliphatic carbocycles. The number of hydrogen-bond donors (Lipinski definition) is 1. The third-order valence-corrected chi connectivity index (χ3v) is 7.73. The van der Waals surface area contributed by atoms with Crippen molar-refractivity contribution in [1.82, 2.24) is 19.9 Å². The number of nitrogens with one attached hydrogen (secondary N) is 1. The molecule has 0 radical (unpaired) electrons. The van der Waals surface area contributed by atoms with Gasteiger partial charge in [0, 0.05) is 38.8 Å². The average Bonchev–Trinajstić information content (AvgIpc) is 3.20. The van der Waals surface area contributed by atoms with Gasteiger partial charge in [-0.25, -0.2) is 9.97 Å². The number of halogens is 4. The highest BCUT2D eigenvalue weighted by Crippen LogP contribution is 2.34. The Balaban J connectivity index is 1.32. The number of rotatable bonds is 4. The zero-order valence-electron chi connectivity index (χ0n) is 19.6. The fourth-order valence-corrected chi connectivity index (χ4v) is 5.80. The van der Waals surface area contributed by atoms with Crippen LogP contribution in [-0.4, -0.2) is 51.9 Å². The zero-order chi connectivity index (χ0) is 26.3. The van der Waals surface area contributed by atoms with Gasteiger partial charge in [0.25, 0.3) is 11.5 Å². The molecule has 4 heterocycles. The number of carbonyl (C=O) groups excluding carboxylic acids is 1. The van der Waals surface area contributed by atoms with Crippen molar-refractivity contribution in [3.8, 4) is 0 Å². The molecule has 1 N–H and O–H groups in total. The molecular formula is C25H21ClF3N5O2S. The van der Waals surface area contributed by atoms with Gasteiger partial charge in [0.15, 0.2) is 0 Å². The molecule has 1 fully saturated rings. The summed E-state index contributed by atoms with van der Waals surface area (Å²) in [4.78, 5) is 41.9. The van der Waals surface area contributed by atoms with Crippen LogP contribution in [0, 0.1) is 6.92 Å². The first-order chi connectivity index (χ1) is 17.6. The lowest BCUT2D eigenvalue weighted by molar-refractivity contribution is -0.137. The number of piperazine rings is 1. The normalized spacial score (nSPS) is 14.4. The minimum Gasteiger partial charge on any atom is -0.352 e. The van der Waals surface area contributed by atoms with Crippen LogP contribution in [0.25, 0.3) is 10.2 Å². The van der Waals surface area contributed by atoms with E-state index >= 15 is 0 Å². The van der Waals surface area contributed by atoms with Gasteiger partial charge in [0.05, 0.1) is 20.8 Å². The molecule has 1 aliphatic rings. The summed E-state index contributed by atoms with van der Waals surface area (Å²) in [7, 11) is 0. The molecular weight excluding hydrogens is 527 g/mol. The van der Waals surface area contributed by atoms with Crippen LogP contribution in [-0.2, 0) is 12.6 Å². The van der Waals surface area contributed by atoms with E-state index in [1.165, 1.54) is 11.3 Å². The quantitative estimate of drug-likeness (QED) is 0.392. The number of carbonyl (C=O) groups is 1. The number of alkyl halides is 3. The Kier molecular flexibility index (Phi) is 6.67. The van der Waals surface area contributed by atoms with Crippen LogP contribution in [0.2, 0.25) is 5.02 Å². The number of thiophene rings is 1. The molecule has 7 nitrogen and oxygen atoms in total. The Morgan fingerprint density at radius 2 is 1.86 bits per heavy atom. The van der Waals surface area contributed by atoms with E-state index in [-0.39, 0.29) is 22.3 Å². The minimum atomic E-state index is -4.53. The Labute approximate surface area is 218 Å². The average molecular weight is 548 g/mol. The Morgan fingerprint density at radius 1 is 1.16 bits per heavy atom. The molecule has 0 atom stereocenters. The summed E-state index contributed by atoms with van der Waals surface area (Å²) < 4.78 is 38.7. The predicted molar refractivity (Wildman–Crippen MR) is 137 cm³/mol. The minimum absolute atomic E-state index is 0.0911. The van der Waals surface area contributed by atoms with Gasteiger partial charge in [-0.15, -0.1) is 11.3 Å². The van der Waals surface area contributed by atoms with Gasteiger partial charge in [-0.2, -0.15) is 13.2 Å². The van der Waals surface area contributed by atoms with Crippen LogP contribution in [0.15, 0.2) is 47.4 Å². The maximum atomic E-state index is 13.4. The van der Waals surface area contributed by atoms with Gasteiger partial charge < -0.3 is 14.8 Å². The number of benzene rings is 1. The van der Waals surface area contributed by atoms with Gasteiger partial charge in [-0.1, -0.05) is 41.9 Å². The number of pyridine rings is 1. The first kappa shape index (κ1) is 25.2. The standard InChI is InChI=1S/C25H21ClF3N5O2S/c1-14-19-22(35)31-18(11-15-5-3-2-4-6-15)32-23(19)37-20(14)24(36)34-9-7-33(8-10-34)21-17(26)12-16(13-30-21)25(27,28)29/h2-6,12-13H,7-11H2,1H3,(H,31,32,35). The van der Waals surface area contributed by atoms with Gasteiger partial charge in [-0.3, -0.25) is 9.59 Å².